The maximum Gasteiger partial charge on any atom is 0.222 e. The molecule has 2 N–H and O–H groups in total. The lowest BCUT2D eigenvalue weighted by atomic mass is 9.97. The van der Waals surface area contributed by atoms with Crippen LogP contribution in [0, 0.1) is 5.92 Å². The van der Waals surface area contributed by atoms with Gasteiger partial charge in [-0.15, -0.1) is 0 Å². The van der Waals surface area contributed by atoms with Gasteiger partial charge in [-0.05, 0) is 47.8 Å². The van der Waals surface area contributed by atoms with Crippen LogP contribution in [-0.2, 0) is 0 Å². The molecule has 1 aliphatic heterocycles. The van der Waals surface area contributed by atoms with Gasteiger partial charge in [0.1, 0.15) is 0 Å². The third kappa shape index (κ3) is 4.19. The van der Waals surface area contributed by atoms with Crippen LogP contribution in [0.25, 0.3) is 0 Å². The maximum atomic E-state index is 8.88. The molecule has 0 unspecified atom stereocenters. The predicted octanol–water partition coefficient (Wildman–Crippen LogP) is 1.36. The number of nitrogens with one attached hydrogen (secondary N) is 1. The summed E-state index contributed by atoms with van der Waals surface area (Å²) < 4.78 is 0.894. The molecule has 100 valence electrons. The summed E-state index contributed by atoms with van der Waals surface area (Å²) in [5.41, 5.74) is 0. The first-order valence-corrected chi connectivity index (χ1v) is 7.12. The highest BCUT2D eigenvalue weighted by Crippen LogP contribution is 2.17. The predicted molar refractivity (Wildman–Crippen MR) is 74.5 cm³/mol. The van der Waals surface area contributed by atoms with Gasteiger partial charge in [0.2, 0.25) is 5.95 Å². The highest BCUT2D eigenvalue weighted by Gasteiger charge is 2.18. The van der Waals surface area contributed by atoms with Crippen LogP contribution in [0.1, 0.15) is 12.8 Å². The fourth-order valence-electron chi connectivity index (χ4n) is 2.19. The second-order valence-electron chi connectivity index (χ2n) is 4.61. The summed E-state index contributed by atoms with van der Waals surface area (Å²) in [6, 6.07) is 0. The summed E-state index contributed by atoms with van der Waals surface area (Å²) in [5.74, 6) is 1.36. The highest BCUT2D eigenvalue weighted by molar-refractivity contribution is 9.10. The summed E-state index contributed by atoms with van der Waals surface area (Å²) in [6.07, 6.45) is 5.84. The number of aliphatic hydroxyl groups excluding tert-OH is 1. The van der Waals surface area contributed by atoms with E-state index in [-0.39, 0.29) is 6.61 Å². The van der Waals surface area contributed by atoms with Gasteiger partial charge >= 0.3 is 0 Å². The number of aromatic nitrogens is 2. The summed E-state index contributed by atoms with van der Waals surface area (Å²) in [4.78, 5) is 10.7. The van der Waals surface area contributed by atoms with Crippen molar-refractivity contribution in [1.82, 2.24) is 14.9 Å². The van der Waals surface area contributed by atoms with Crippen molar-refractivity contribution in [2.24, 2.45) is 5.92 Å². The fourth-order valence-corrected chi connectivity index (χ4v) is 2.40. The lowest BCUT2D eigenvalue weighted by Gasteiger charge is -2.31. The molecule has 5 nitrogen and oxygen atoms in total. The zero-order chi connectivity index (χ0) is 12.8. The molecule has 0 aromatic carbocycles. The monoisotopic (exact) mass is 314 g/mol. The van der Waals surface area contributed by atoms with Gasteiger partial charge in [-0.3, -0.25) is 0 Å². The smallest absolute Gasteiger partial charge is 0.222 e. The van der Waals surface area contributed by atoms with Crippen molar-refractivity contribution < 1.29 is 5.11 Å². The number of β-amino-alcohol motifs (C(OH)–C–C–N with tert-alkyl or cyclic N) is 1. The molecule has 0 saturated carbocycles. The highest BCUT2D eigenvalue weighted by atomic mass is 79.9. The molecule has 0 bridgehead atoms. The van der Waals surface area contributed by atoms with E-state index in [2.05, 4.69) is 36.1 Å². The van der Waals surface area contributed by atoms with Crippen molar-refractivity contribution in [3.8, 4) is 0 Å². The molecule has 2 rings (SSSR count). The van der Waals surface area contributed by atoms with E-state index in [0.29, 0.717) is 11.9 Å². The molecule has 0 spiro atoms. The van der Waals surface area contributed by atoms with E-state index < -0.39 is 0 Å². The standard InChI is InChI=1S/C12H19BrN4O/c13-11-8-15-12(16-9-11)14-7-10-1-3-17(4-2-10)5-6-18/h8-10,18H,1-7H2,(H,14,15,16). The van der Waals surface area contributed by atoms with Crippen LogP contribution in [0.15, 0.2) is 16.9 Å². The number of hydrogen-bond acceptors (Lipinski definition) is 5. The van der Waals surface area contributed by atoms with Crippen LogP contribution in [0.5, 0.6) is 0 Å². The lowest BCUT2D eigenvalue weighted by Crippen LogP contribution is -2.37. The third-order valence-electron chi connectivity index (χ3n) is 3.29. The zero-order valence-corrected chi connectivity index (χ0v) is 11.9. The molecule has 6 heteroatoms. The Balaban J connectivity index is 1.70. The summed E-state index contributed by atoms with van der Waals surface area (Å²) in [6.45, 7) is 4.14. The van der Waals surface area contributed by atoms with Crippen LogP contribution < -0.4 is 5.32 Å². The molecular formula is C12H19BrN4O. The van der Waals surface area contributed by atoms with Crippen molar-refractivity contribution >= 4 is 21.9 Å². The molecule has 18 heavy (non-hydrogen) atoms. The molecule has 1 aromatic heterocycles. The minimum Gasteiger partial charge on any atom is -0.395 e. The molecule has 1 aromatic rings. The average Bonchev–Trinajstić information content (AvgIpc) is 2.40. The van der Waals surface area contributed by atoms with Gasteiger partial charge in [0, 0.05) is 25.5 Å². The van der Waals surface area contributed by atoms with Gasteiger partial charge in [-0.1, -0.05) is 0 Å². The summed E-state index contributed by atoms with van der Waals surface area (Å²) in [7, 11) is 0. The van der Waals surface area contributed by atoms with E-state index in [0.717, 1.165) is 30.7 Å². The molecular weight excluding hydrogens is 296 g/mol. The van der Waals surface area contributed by atoms with E-state index in [4.69, 9.17) is 5.11 Å². The minimum atomic E-state index is 0.260. The second-order valence-corrected chi connectivity index (χ2v) is 5.53. The minimum absolute atomic E-state index is 0.260. The Bertz CT molecular complexity index is 352. The van der Waals surface area contributed by atoms with Crippen LogP contribution in [0.4, 0.5) is 5.95 Å². The number of halogens is 1. The Hall–Kier alpha value is -0.720. The SMILES string of the molecule is OCCN1CCC(CNc2ncc(Br)cn2)CC1. The molecule has 2 heterocycles. The van der Waals surface area contributed by atoms with Crippen molar-refractivity contribution in [1.29, 1.82) is 0 Å². The first kappa shape index (κ1) is 13.7. The second kappa shape index (κ2) is 7.01. The molecule has 0 radical (unpaired) electrons. The van der Waals surface area contributed by atoms with Crippen LogP contribution in [0.2, 0.25) is 0 Å². The molecule has 1 saturated heterocycles. The summed E-state index contributed by atoms with van der Waals surface area (Å²) in [5, 5.41) is 12.2. The number of nitrogens with zero attached hydrogens (tertiary/aromatic N) is 3. The summed E-state index contributed by atoms with van der Waals surface area (Å²) >= 11 is 3.32. The van der Waals surface area contributed by atoms with E-state index >= 15 is 0 Å². The van der Waals surface area contributed by atoms with Crippen molar-refractivity contribution in [3.63, 3.8) is 0 Å². The topological polar surface area (TPSA) is 61.3 Å². The normalized spacial score (nSPS) is 17.9. The Labute approximate surface area is 116 Å². The van der Waals surface area contributed by atoms with Crippen molar-refractivity contribution in [2.75, 3.05) is 38.1 Å². The molecule has 0 aliphatic carbocycles. The van der Waals surface area contributed by atoms with Gasteiger partial charge in [0.15, 0.2) is 0 Å². The number of aliphatic hydroxyl groups is 1. The molecule has 1 aliphatic rings. The number of piperidine rings is 1. The number of rotatable bonds is 5. The van der Waals surface area contributed by atoms with Gasteiger partial charge in [0.25, 0.3) is 0 Å². The Morgan fingerprint density at radius 2 is 2.00 bits per heavy atom. The van der Waals surface area contributed by atoms with Crippen LogP contribution in [-0.4, -0.2) is 52.8 Å². The largest absolute Gasteiger partial charge is 0.395 e. The first-order valence-electron chi connectivity index (χ1n) is 6.32. The number of likely N-dealkylation sites (tertiary alicyclic amines) is 1. The van der Waals surface area contributed by atoms with E-state index in [1.807, 2.05) is 0 Å². The molecule has 0 amide bonds. The van der Waals surface area contributed by atoms with Crippen molar-refractivity contribution in [3.05, 3.63) is 16.9 Å². The molecule has 0 atom stereocenters. The van der Waals surface area contributed by atoms with Gasteiger partial charge in [-0.25, -0.2) is 9.97 Å². The Morgan fingerprint density at radius 3 is 2.61 bits per heavy atom. The van der Waals surface area contributed by atoms with Crippen LogP contribution in [0.3, 0.4) is 0 Å². The van der Waals surface area contributed by atoms with E-state index in [1.165, 1.54) is 12.8 Å². The molecule has 1 fully saturated rings. The third-order valence-corrected chi connectivity index (χ3v) is 3.70. The first-order chi connectivity index (χ1) is 8.78. The lowest BCUT2D eigenvalue weighted by molar-refractivity contribution is 0.151. The van der Waals surface area contributed by atoms with Gasteiger partial charge < -0.3 is 15.3 Å². The Morgan fingerprint density at radius 1 is 1.33 bits per heavy atom. The Kier molecular flexibility index (Phi) is 5.34. The van der Waals surface area contributed by atoms with Crippen LogP contribution >= 0.6 is 15.9 Å². The van der Waals surface area contributed by atoms with Gasteiger partial charge in [-0.2, -0.15) is 0 Å². The van der Waals surface area contributed by atoms with Crippen molar-refractivity contribution in [2.45, 2.75) is 12.8 Å². The quantitative estimate of drug-likeness (QED) is 0.859. The zero-order valence-electron chi connectivity index (χ0n) is 10.3. The van der Waals surface area contributed by atoms with E-state index in [1.54, 1.807) is 12.4 Å². The average molecular weight is 315 g/mol. The number of hydrogen-bond donors (Lipinski definition) is 2. The van der Waals surface area contributed by atoms with E-state index in [9.17, 15) is 0 Å². The van der Waals surface area contributed by atoms with Gasteiger partial charge in [0.05, 0.1) is 11.1 Å². The maximum absolute atomic E-state index is 8.88. The number of anilines is 1. The fraction of sp³-hybridized carbons (Fsp3) is 0.667.